The molecule has 128 valence electrons. The SMILES string of the molecule is O=C(O)c1ccc2nc(N3CCN(c4cccc(Cl)c4)CC3)[nH]c2c1. The van der Waals surface area contributed by atoms with E-state index >= 15 is 0 Å². The molecule has 1 saturated heterocycles. The van der Waals surface area contributed by atoms with Crippen LogP contribution in [0.1, 0.15) is 10.4 Å². The number of nitrogens with one attached hydrogen (secondary N) is 1. The molecule has 1 aliphatic rings. The average molecular weight is 357 g/mol. The fraction of sp³-hybridized carbons (Fsp3) is 0.222. The number of H-pyrrole nitrogens is 1. The summed E-state index contributed by atoms with van der Waals surface area (Å²) in [5.41, 5.74) is 2.90. The van der Waals surface area contributed by atoms with Gasteiger partial charge in [0.25, 0.3) is 0 Å². The zero-order chi connectivity index (χ0) is 17.4. The van der Waals surface area contributed by atoms with E-state index < -0.39 is 5.97 Å². The number of benzene rings is 2. The van der Waals surface area contributed by atoms with Crippen LogP contribution >= 0.6 is 11.6 Å². The minimum atomic E-state index is -0.937. The summed E-state index contributed by atoms with van der Waals surface area (Å²) in [5.74, 6) is -0.156. The van der Waals surface area contributed by atoms with Crippen LogP contribution in [0.3, 0.4) is 0 Å². The maximum atomic E-state index is 11.1. The molecule has 0 spiro atoms. The van der Waals surface area contributed by atoms with Gasteiger partial charge < -0.3 is 19.9 Å². The number of anilines is 2. The van der Waals surface area contributed by atoms with Crippen LogP contribution in [-0.2, 0) is 0 Å². The Morgan fingerprint density at radius 2 is 1.84 bits per heavy atom. The topological polar surface area (TPSA) is 72.5 Å². The van der Waals surface area contributed by atoms with Gasteiger partial charge in [-0.25, -0.2) is 9.78 Å². The number of hydrogen-bond donors (Lipinski definition) is 2. The fourth-order valence-corrected chi connectivity index (χ4v) is 3.31. The molecule has 1 aromatic heterocycles. The lowest BCUT2D eigenvalue weighted by molar-refractivity contribution is 0.0697. The Kier molecular flexibility index (Phi) is 3.97. The molecule has 2 aromatic carbocycles. The Morgan fingerprint density at radius 1 is 1.08 bits per heavy atom. The van der Waals surface area contributed by atoms with Crippen molar-refractivity contribution >= 4 is 40.2 Å². The third-order valence-corrected chi connectivity index (χ3v) is 4.70. The summed E-state index contributed by atoms with van der Waals surface area (Å²) in [6, 6.07) is 12.8. The number of fused-ring (bicyclic) bond motifs is 1. The second-order valence-electron chi connectivity index (χ2n) is 6.05. The van der Waals surface area contributed by atoms with Gasteiger partial charge in [-0.1, -0.05) is 17.7 Å². The van der Waals surface area contributed by atoms with Crippen LogP contribution < -0.4 is 9.80 Å². The number of carboxylic acid groups (broad SMARTS) is 1. The van der Waals surface area contributed by atoms with Gasteiger partial charge in [0, 0.05) is 36.9 Å². The van der Waals surface area contributed by atoms with Crippen LogP contribution in [0.25, 0.3) is 11.0 Å². The van der Waals surface area contributed by atoms with Gasteiger partial charge in [0.1, 0.15) is 0 Å². The van der Waals surface area contributed by atoms with Crippen LogP contribution in [-0.4, -0.2) is 47.2 Å². The maximum absolute atomic E-state index is 11.1. The molecular formula is C18H17ClN4O2. The first-order chi connectivity index (χ1) is 12.1. The normalized spacial score (nSPS) is 14.9. The lowest BCUT2D eigenvalue weighted by atomic mass is 10.2. The molecule has 7 heteroatoms. The first-order valence-corrected chi connectivity index (χ1v) is 8.46. The zero-order valence-corrected chi connectivity index (χ0v) is 14.2. The van der Waals surface area contributed by atoms with Gasteiger partial charge >= 0.3 is 5.97 Å². The molecule has 0 saturated carbocycles. The van der Waals surface area contributed by atoms with Crippen LogP contribution in [0.2, 0.25) is 5.02 Å². The average Bonchev–Trinajstić information content (AvgIpc) is 3.05. The number of carboxylic acids is 1. The van der Waals surface area contributed by atoms with Crippen LogP contribution in [0.4, 0.5) is 11.6 Å². The summed E-state index contributed by atoms with van der Waals surface area (Å²) in [5, 5.41) is 9.84. The number of nitrogens with zero attached hydrogens (tertiary/aromatic N) is 3. The zero-order valence-electron chi connectivity index (χ0n) is 13.4. The van der Waals surface area contributed by atoms with Crippen molar-refractivity contribution in [2.45, 2.75) is 0 Å². The highest BCUT2D eigenvalue weighted by molar-refractivity contribution is 6.30. The van der Waals surface area contributed by atoms with Gasteiger partial charge in [0.2, 0.25) is 5.95 Å². The van der Waals surface area contributed by atoms with Gasteiger partial charge in [-0.2, -0.15) is 0 Å². The molecule has 0 bridgehead atoms. The third-order valence-electron chi connectivity index (χ3n) is 4.47. The van der Waals surface area contributed by atoms with E-state index in [2.05, 4.69) is 25.8 Å². The van der Waals surface area contributed by atoms with Crippen molar-refractivity contribution in [2.75, 3.05) is 36.0 Å². The van der Waals surface area contributed by atoms with Gasteiger partial charge in [-0.3, -0.25) is 0 Å². The van der Waals surface area contributed by atoms with E-state index in [1.165, 1.54) is 0 Å². The summed E-state index contributed by atoms with van der Waals surface area (Å²) in [7, 11) is 0. The highest BCUT2D eigenvalue weighted by atomic mass is 35.5. The Labute approximate surface area is 149 Å². The molecule has 1 fully saturated rings. The van der Waals surface area contributed by atoms with Gasteiger partial charge in [0.15, 0.2) is 0 Å². The molecule has 1 aliphatic heterocycles. The van der Waals surface area contributed by atoms with E-state index in [0.29, 0.717) is 0 Å². The summed E-state index contributed by atoms with van der Waals surface area (Å²) in [4.78, 5) is 23.4. The Hall–Kier alpha value is -2.73. The number of aromatic amines is 1. The third kappa shape index (κ3) is 3.13. The smallest absolute Gasteiger partial charge is 0.335 e. The molecule has 0 atom stereocenters. The van der Waals surface area contributed by atoms with Crippen molar-refractivity contribution in [2.24, 2.45) is 0 Å². The fourth-order valence-electron chi connectivity index (χ4n) is 3.13. The van der Waals surface area contributed by atoms with E-state index in [-0.39, 0.29) is 5.56 Å². The number of rotatable bonds is 3. The number of aromatic carboxylic acids is 1. The second-order valence-corrected chi connectivity index (χ2v) is 6.49. The van der Waals surface area contributed by atoms with Crippen LogP contribution in [0, 0.1) is 0 Å². The van der Waals surface area contributed by atoms with Crippen molar-refractivity contribution in [3.05, 3.63) is 53.1 Å². The number of halogens is 1. The predicted molar refractivity (Wildman–Crippen MR) is 98.9 cm³/mol. The number of imidazole rings is 1. The largest absolute Gasteiger partial charge is 0.478 e. The minimum Gasteiger partial charge on any atom is -0.478 e. The standard InChI is InChI=1S/C18H17ClN4O2/c19-13-2-1-3-14(11-13)22-6-8-23(9-7-22)18-20-15-5-4-12(17(24)25)10-16(15)21-18/h1-5,10-11H,6-9H2,(H,20,21)(H,24,25). The van der Waals surface area contributed by atoms with E-state index in [0.717, 1.165) is 53.9 Å². The molecule has 0 aliphatic carbocycles. The van der Waals surface area contributed by atoms with Crippen molar-refractivity contribution in [1.82, 2.24) is 9.97 Å². The molecule has 2 heterocycles. The molecule has 6 nitrogen and oxygen atoms in total. The minimum absolute atomic E-state index is 0.258. The lowest BCUT2D eigenvalue weighted by Crippen LogP contribution is -2.46. The molecule has 3 aromatic rings. The van der Waals surface area contributed by atoms with Crippen molar-refractivity contribution in [3.63, 3.8) is 0 Å². The van der Waals surface area contributed by atoms with Crippen LogP contribution in [0.5, 0.6) is 0 Å². The first-order valence-electron chi connectivity index (χ1n) is 8.09. The van der Waals surface area contributed by atoms with Gasteiger partial charge in [-0.15, -0.1) is 0 Å². The molecule has 4 rings (SSSR count). The van der Waals surface area contributed by atoms with Crippen molar-refractivity contribution in [1.29, 1.82) is 0 Å². The molecule has 0 amide bonds. The number of aromatic nitrogens is 2. The quantitative estimate of drug-likeness (QED) is 0.753. The predicted octanol–water partition coefficient (Wildman–Crippen LogP) is 3.24. The van der Waals surface area contributed by atoms with Crippen molar-refractivity contribution in [3.8, 4) is 0 Å². The highest BCUT2D eigenvalue weighted by Gasteiger charge is 2.20. The Bertz CT molecular complexity index is 932. The molecule has 0 radical (unpaired) electrons. The Balaban J connectivity index is 1.50. The monoisotopic (exact) mass is 356 g/mol. The van der Waals surface area contributed by atoms with E-state index in [4.69, 9.17) is 16.7 Å². The summed E-state index contributed by atoms with van der Waals surface area (Å²) >= 11 is 6.07. The molecule has 0 unspecified atom stereocenters. The maximum Gasteiger partial charge on any atom is 0.335 e. The number of hydrogen-bond acceptors (Lipinski definition) is 4. The van der Waals surface area contributed by atoms with Crippen molar-refractivity contribution < 1.29 is 9.90 Å². The summed E-state index contributed by atoms with van der Waals surface area (Å²) < 4.78 is 0. The first kappa shape index (κ1) is 15.8. The van der Waals surface area contributed by atoms with Crippen LogP contribution in [0.15, 0.2) is 42.5 Å². The molecule has 25 heavy (non-hydrogen) atoms. The van der Waals surface area contributed by atoms with E-state index in [1.807, 2.05) is 18.2 Å². The van der Waals surface area contributed by atoms with E-state index in [1.54, 1.807) is 18.2 Å². The number of piperazine rings is 1. The second kappa shape index (κ2) is 6.29. The summed E-state index contributed by atoms with van der Waals surface area (Å²) in [6.07, 6.45) is 0. The number of carbonyl (C=O) groups is 1. The molecular weight excluding hydrogens is 340 g/mol. The van der Waals surface area contributed by atoms with Gasteiger partial charge in [-0.05, 0) is 36.4 Å². The highest BCUT2D eigenvalue weighted by Crippen LogP contribution is 2.23. The Morgan fingerprint density at radius 3 is 2.56 bits per heavy atom. The lowest BCUT2D eigenvalue weighted by Gasteiger charge is -2.36. The van der Waals surface area contributed by atoms with E-state index in [9.17, 15) is 4.79 Å². The summed E-state index contributed by atoms with van der Waals surface area (Å²) in [6.45, 7) is 3.41. The van der Waals surface area contributed by atoms with Gasteiger partial charge in [0.05, 0.1) is 16.6 Å². The molecule has 2 N–H and O–H groups in total.